The highest BCUT2D eigenvalue weighted by molar-refractivity contribution is 8.03. The first-order valence-electron chi connectivity index (χ1n) is 12.3. The molecule has 4 rings (SSSR count). The average molecular weight is 559 g/mol. The van der Waals surface area contributed by atoms with Crippen LogP contribution in [0, 0.1) is 11.3 Å². The van der Waals surface area contributed by atoms with E-state index in [4.69, 9.17) is 16.3 Å². The Hall–Kier alpha value is -4.19. The SMILES string of the molecule is CCOc1ccccc1[C@H]1C(C#N)=C(SCC(=O)Nc2ccc(Cl)cc2)NC(C)=C1C(=O)Nc1ccccc1. The molecular weight excluding hydrogens is 532 g/mol. The fourth-order valence-electron chi connectivity index (χ4n) is 4.23. The third-order valence-corrected chi connectivity index (χ3v) is 7.20. The molecular formula is C30H27ClN4O3S. The fraction of sp³-hybridized carbons (Fsp3) is 0.167. The number of dihydropyridines is 1. The van der Waals surface area contributed by atoms with Crippen LogP contribution in [0.4, 0.5) is 11.4 Å². The van der Waals surface area contributed by atoms with Gasteiger partial charge in [0.05, 0.1) is 34.9 Å². The van der Waals surface area contributed by atoms with Crippen molar-refractivity contribution in [1.82, 2.24) is 5.32 Å². The summed E-state index contributed by atoms with van der Waals surface area (Å²) >= 11 is 7.13. The molecule has 1 aliphatic rings. The van der Waals surface area contributed by atoms with Gasteiger partial charge in [-0.3, -0.25) is 9.59 Å². The molecule has 1 heterocycles. The van der Waals surface area contributed by atoms with E-state index in [1.165, 1.54) is 11.8 Å². The Morgan fingerprint density at radius 2 is 1.67 bits per heavy atom. The van der Waals surface area contributed by atoms with Crippen LogP contribution in [-0.4, -0.2) is 24.2 Å². The number of nitrogens with zero attached hydrogens (tertiary/aromatic N) is 1. The van der Waals surface area contributed by atoms with Gasteiger partial charge in [-0.1, -0.05) is 59.8 Å². The molecule has 0 aromatic heterocycles. The van der Waals surface area contributed by atoms with Crippen LogP contribution in [0.1, 0.15) is 25.3 Å². The molecule has 3 aromatic rings. The maximum Gasteiger partial charge on any atom is 0.254 e. The molecule has 1 atom stereocenters. The van der Waals surface area contributed by atoms with Crippen LogP contribution in [0.15, 0.2) is 101 Å². The van der Waals surface area contributed by atoms with Crippen LogP contribution < -0.4 is 20.7 Å². The number of allylic oxidation sites excluding steroid dienone is 2. The van der Waals surface area contributed by atoms with Crippen LogP contribution in [-0.2, 0) is 9.59 Å². The topological polar surface area (TPSA) is 103 Å². The van der Waals surface area contributed by atoms with Crippen LogP contribution >= 0.6 is 23.4 Å². The summed E-state index contributed by atoms with van der Waals surface area (Å²) in [6, 6.07) is 25.6. The summed E-state index contributed by atoms with van der Waals surface area (Å²) in [5.41, 5.74) is 3.27. The molecule has 0 bridgehead atoms. The molecule has 0 fully saturated rings. The number of nitriles is 1. The highest BCUT2D eigenvalue weighted by Crippen LogP contribution is 2.44. The molecule has 0 spiro atoms. The predicted molar refractivity (Wildman–Crippen MR) is 156 cm³/mol. The Morgan fingerprint density at radius 1 is 1.00 bits per heavy atom. The zero-order valence-corrected chi connectivity index (χ0v) is 23.0. The van der Waals surface area contributed by atoms with Crippen LogP contribution in [0.2, 0.25) is 5.02 Å². The van der Waals surface area contributed by atoms with Crippen molar-refractivity contribution in [2.45, 2.75) is 19.8 Å². The lowest BCUT2D eigenvalue weighted by Gasteiger charge is -2.30. The number of hydrogen-bond donors (Lipinski definition) is 3. The summed E-state index contributed by atoms with van der Waals surface area (Å²) in [7, 11) is 0. The molecule has 1 aliphatic heterocycles. The van der Waals surface area contributed by atoms with E-state index < -0.39 is 5.92 Å². The number of carbonyl (C=O) groups is 2. The summed E-state index contributed by atoms with van der Waals surface area (Å²) in [5.74, 6) is -0.643. The van der Waals surface area contributed by atoms with Gasteiger partial charge in [0.1, 0.15) is 5.75 Å². The predicted octanol–water partition coefficient (Wildman–Crippen LogP) is 6.45. The first-order chi connectivity index (χ1) is 18.9. The molecule has 7 nitrogen and oxygen atoms in total. The van der Waals surface area contributed by atoms with Gasteiger partial charge in [-0.15, -0.1) is 0 Å². The number of thioether (sulfide) groups is 1. The van der Waals surface area contributed by atoms with Gasteiger partial charge in [-0.2, -0.15) is 5.26 Å². The Bertz CT molecular complexity index is 1460. The van der Waals surface area contributed by atoms with Crippen molar-refractivity contribution in [3.05, 3.63) is 111 Å². The standard InChI is InChI=1S/C30H27ClN4O3S/c1-3-38-25-12-8-7-11-23(25)28-24(17-32)30(39-18-26(36)34-22-15-13-20(31)14-16-22)33-19(2)27(28)29(37)35-21-9-5-4-6-10-21/h4-16,28,33H,3,18H2,1-2H3,(H,34,36)(H,35,37)/t28-/m0/s1. The van der Waals surface area contributed by atoms with Crippen molar-refractivity contribution in [3.63, 3.8) is 0 Å². The molecule has 0 aliphatic carbocycles. The highest BCUT2D eigenvalue weighted by atomic mass is 35.5. The first-order valence-corrected chi connectivity index (χ1v) is 13.7. The van der Waals surface area contributed by atoms with E-state index >= 15 is 0 Å². The number of halogens is 1. The molecule has 2 amide bonds. The minimum absolute atomic E-state index is 0.0504. The Balaban J connectivity index is 1.67. The summed E-state index contributed by atoms with van der Waals surface area (Å²) in [6.07, 6.45) is 0. The maximum absolute atomic E-state index is 13.6. The normalized spacial score (nSPS) is 14.8. The quantitative estimate of drug-likeness (QED) is 0.279. The lowest BCUT2D eigenvalue weighted by molar-refractivity contribution is -0.114. The van der Waals surface area contributed by atoms with Gasteiger partial charge in [0.15, 0.2) is 0 Å². The van der Waals surface area contributed by atoms with E-state index in [0.717, 1.165) is 0 Å². The summed E-state index contributed by atoms with van der Waals surface area (Å²) in [4.78, 5) is 26.3. The molecule has 3 N–H and O–H groups in total. The minimum Gasteiger partial charge on any atom is -0.494 e. The van der Waals surface area contributed by atoms with Gasteiger partial charge in [0.25, 0.3) is 5.91 Å². The molecule has 39 heavy (non-hydrogen) atoms. The third-order valence-electron chi connectivity index (χ3n) is 5.93. The van der Waals surface area contributed by atoms with Crippen LogP contribution in [0.3, 0.4) is 0 Å². The maximum atomic E-state index is 13.6. The molecule has 0 saturated heterocycles. The lowest BCUT2D eigenvalue weighted by Crippen LogP contribution is -2.31. The van der Waals surface area contributed by atoms with E-state index in [0.29, 0.717) is 56.2 Å². The van der Waals surface area contributed by atoms with Gasteiger partial charge in [0.2, 0.25) is 5.91 Å². The van der Waals surface area contributed by atoms with E-state index in [9.17, 15) is 14.9 Å². The van der Waals surface area contributed by atoms with Crippen molar-refractivity contribution in [2.75, 3.05) is 23.0 Å². The monoisotopic (exact) mass is 558 g/mol. The fourth-order valence-corrected chi connectivity index (χ4v) is 5.25. The number of anilines is 2. The van der Waals surface area contributed by atoms with Gasteiger partial charge < -0.3 is 20.7 Å². The average Bonchev–Trinajstić information content (AvgIpc) is 2.93. The highest BCUT2D eigenvalue weighted by Gasteiger charge is 2.36. The molecule has 198 valence electrons. The number of nitrogens with one attached hydrogen (secondary N) is 3. The molecule has 3 aromatic carbocycles. The number of amides is 2. The smallest absolute Gasteiger partial charge is 0.254 e. The van der Waals surface area contributed by atoms with Crippen LogP contribution in [0.25, 0.3) is 0 Å². The number of carbonyl (C=O) groups excluding carboxylic acids is 2. The molecule has 0 saturated carbocycles. The van der Waals surface area contributed by atoms with E-state index in [1.54, 1.807) is 43.3 Å². The van der Waals surface area contributed by atoms with Gasteiger partial charge in [0, 0.05) is 33.2 Å². The molecule has 0 radical (unpaired) electrons. The van der Waals surface area contributed by atoms with Crippen molar-refractivity contribution < 1.29 is 14.3 Å². The Morgan fingerprint density at radius 3 is 2.36 bits per heavy atom. The van der Waals surface area contributed by atoms with E-state index in [-0.39, 0.29) is 17.6 Å². The second-order valence-corrected chi connectivity index (χ2v) is 10.0. The van der Waals surface area contributed by atoms with E-state index in [2.05, 4.69) is 22.0 Å². The lowest BCUT2D eigenvalue weighted by atomic mass is 9.81. The van der Waals surface area contributed by atoms with Crippen molar-refractivity contribution in [2.24, 2.45) is 0 Å². The summed E-state index contributed by atoms with van der Waals surface area (Å²) in [6.45, 7) is 4.10. The zero-order chi connectivity index (χ0) is 27.8. The summed E-state index contributed by atoms with van der Waals surface area (Å²) < 4.78 is 5.89. The third kappa shape index (κ3) is 6.82. The van der Waals surface area contributed by atoms with Gasteiger partial charge in [-0.25, -0.2) is 0 Å². The van der Waals surface area contributed by atoms with Gasteiger partial charge >= 0.3 is 0 Å². The Kier molecular flexibility index (Phi) is 9.31. The van der Waals surface area contributed by atoms with Gasteiger partial charge in [-0.05, 0) is 56.3 Å². The Labute approximate surface area is 236 Å². The van der Waals surface area contributed by atoms with E-state index in [1.807, 2.05) is 49.4 Å². The number of para-hydroxylation sites is 2. The van der Waals surface area contributed by atoms with Crippen LogP contribution in [0.5, 0.6) is 5.75 Å². The number of hydrogen-bond acceptors (Lipinski definition) is 6. The largest absolute Gasteiger partial charge is 0.494 e. The first kappa shape index (κ1) is 27.8. The van der Waals surface area contributed by atoms with Crippen molar-refractivity contribution >= 4 is 46.6 Å². The number of rotatable bonds is 9. The molecule has 0 unspecified atom stereocenters. The zero-order valence-electron chi connectivity index (χ0n) is 21.5. The number of benzene rings is 3. The molecule has 9 heteroatoms. The number of ether oxygens (including phenoxy) is 1. The second kappa shape index (κ2) is 13.1. The van der Waals surface area contributed by atoms with Crippen molar-refractivity contribution in [1.29, 1.82) is 5.26 Å². The van der Waals surface area contributed by atoms with Crippen molar-refractivity contribution in [3.8, 4) is 11.8 Å². The second-order valence-electron chi connectivity index (χ2n) is 8.59. The minimum atomic E-state index is -0.704. The summed E-state index contributed by atoms with van der Waals surface area (Å²) in [5, 5.41) is 20.4.